The average molecular weight is 1460 g/mol. The highest BCUT2D eigenvalue weighted by Gasteiger charge is 2.28. The van der Waals surface area contributed by atoms with Crippen LogP contribution >= 0.6 is 22.7 Å². The molecule has 0 amide bonds. The van der Waals surface area contributed by atoms with Crippen LogP contribution < -0.4 is 18.3 Å². The number of aryl methyl sites for hydroxylation is 9. The molecule has 0 aliphatic rings. The first-order chi connectivity index (χ1) is 53.8. The molecule has 0 N–H and O–H groups in total. The van der Waals surface area contributed by atoms with E-state index >= 15 is 0 Å². The van der Waals surface area contributed by atoms with Gasteiger partial charge in [0, 0.05) is 121 Å². The molecule has 0 saturated heterocycles. The van der Waals surface area contributed by atoms with E-state index in [4.69, 9.17) is 17.7 Å². The fourth-order valence-corrected chi connectivity index (χ4v) is 19.4. The van der Waals surface area contributed by atoms with Gasteiger partial charge in [0.25, 0.3) is 0 Å². The number of benzene rings is 12. The first-order valence-corrected chi connectivity index (χ1v) is 38.9. The molecule has 0 atom stereocenters. The molecule has 0 fully saturated rings. The van der Waals surface area contributed by atoms with Crippen molar-refractivity contribution < 1.29 is 35.9 Å². The van der Waals surface area contributed by atoms with E-state index in [-0.39, 0.29) is 0 Å². The first-order valence-electron chi connectivity index (χ1n) is 37.3. The lowest BCUT2D eigenvalue weighted by Gasteiger charge is -2.08. The molecule has 11 aromatic heterocycles. The fraction of sp³-hybridized carbons (Fsp3) is 0.0909. The minimum absolute atomic E-state index is 0.880. The second-order valence-corrected chi connectivity index (χ2v) is 31.5. The molecule has 11 heteroatoms. The highest BCUT2D eigenvalue weighted by Crippen LogP contribution is 2.45. The monoisotopic (exact) mass is 1460 g/mol. The normalized spacial score (nSPS) is 11.9. The van der Waals surface area contributed by atoms with Crippen LogP contribution in [0.4, 0.5) is 0 Å². The predicted octanol–water partition coefficient (Wildman–Crippen LogP) is 25.1. The molecule has 528 valence electrons. The zero-order valence-electron chi connectivity index (χ0n) is 62.4. The molecule has 23 rings (SSSR count). The second-order valence-electron chi connectivity index (χ2n) is 29.2. The molecule has 12 aromatic carbocycles. The molecule has 0 radical (unpaired) electrons. The lowest BCUT2D eigenvalue weighted by atomic mass is 10.0. The largest absolute Gasteiger partial charge is 0.450 e. The van der Waals surface area contributed by atoms with Crippen LogP contribution in [0.1, 0.15) is 21.6 Å². The van der Waals surface area contributed by atoms with Crippen LogP contribution in [0.5, 0.6) is 0 Å². The summed E-state index contributed by atoms with van der Waals surface area (Å²) >= 11 is 3.72. The van der Waals surface area contributed by atoms with E-state index in [0.29, 0.717) is 0 Å². The summed E-state index contributed by atoms with van der Waals surface area (Å²) in [6.07, 6.45) is 8.45. The third kappa shape index (κ3) is 10.8. The Kier molecular flexibility index (Phi) is 15.8. The minimum Gasteiger partial charge on any atom is -0.450 e. The molecule has 23 aromatic rings. The molecular weight excluding hydrogens is 1390 g/mol. The minimum atomic E-state index is 0.880. The Morgan fingerprint density at radius 1 is 0.309 bits per heavy atom. The summed E-state index contributed by atoms with van der Waals surface area (Å²) in [5.41, 5.74) is 20.2. The summed E-state index contributed by atoms with van der Waals surface area (Å²) in [7, 11) is 10.6. The van der Waals surface area contributed by atoms with Crippen molar-refractivity contribution in [2.24, 2.45) is 35.2 Å². The third-order valence-corrected chi connectivity index (χ3v) is 25.0. The van der Waals surface area contributed by atoms with Crippen molar-refractivity contribution in [3.63, 3.8) is 0 Å². The van der Waals surface area contributed by atoms with Gasteiger partial charge in [0.2, 0.25) is 47.1 Å². The zero-order chi connectivity index (χ0) is 74.3. The van der Waals surface area contributed by atoms with Gasteiger partial charge in [0.05, 0.1) is 16.6 Å². The lowest BCUT2D eigenvalue weighted by molar-refractivity contribution is -0.659. The standard InChI is InChI=1S/C25H18NO2.2C25H18NOS.C24H21N2/c1-15-18-9-5-6-10-22(18)28-25(15)21-13-20-19-11-16-7-3-4-8-17(16)12-23(19)27-24(20)14-26(21)2;1-15-17-8-5-6-10-23(17)28-25(15)21-13-20-19-12-11-16-7-3-4-9-18(16)24(19)27-22(20)14-26(21)2;1-15-24(19-9-5-6-10-23(19)28-15)21-13-20-18-12-11-16-7-3-4-8-17(16)25(18)27-22(20)14-26(21)2;1-16-8-4-6-10-18(16)23-24-21(14-15-25(23)2)20-13-12-17-9-5-7-11-19(17)22(20)26(24)3/h3*3-14H,1-2H3;4-15H,1-3H3/q4*+1. The maximum atomic E-state index is 6.32. The molecule has 0 saturated carbocycles. The summed E-state index contributed by atoms with van der Waals surface area (Å²) in [6.45, 7) is 8.74. The predicted molar refractivity (Wildman–Crippen MR) is 458 cm³/mol. The van der Waals surface area contributed by atoms with Crippen LogP contribution in [0.3, 0.4) is 0 Å². The van der Waals surface area contributed by atoms with Crippen LogP contribution in [0.15, 0.2) is 309 Å². The maximum absolute atomic E-state index is 6.32. The van der Waals surface area contributed by atoms with Crippen molar-refractivity contribution in [1.82, 2.24) is 4.57 Å². The number of thiophene rings is 2. The van der Waals surface area contributed by atoms with Crippen molar-refractivity contribution in [3.8, 4) is 44.5 Å². The Balaban J connectivity index is 0.0000000961. The van der Waals surface area contributed by atoms with Crippen LogP contribution in [0.25, 0.3) is 206 Å². The summed E-state index contributed by atoms with van der Waals surface area (Å²) in [6, 6.07) is 94.5. The van der Waals surface area contributed by atoms with Crippen molar-refractivity contribution >= 4 is 185 Å². The molecule has 9 nitrogen and oxygen atoms in total. The van der Waals surface area contributed by atoms with Gasteiger partial charge < -0.3 is 22.2 Å². The number of hydrogen-bond donors (Lipinski definition) is 0. The summed E-state index contributed by atoms with van der Waals surface area (Å²) in [4.78, 5) is 2.66. The number of hydrogen-bond acceptors (Lipinski definition) is 6. The Morgan fingerprint density at radius 3 is 1.43 bits per heavy atom. The van der Waals surface area contributed by atoms with Gasteiger partial charge in [-0.05, 0) is 120 Å². The molecule has 11 heterocycles. The summed E-state index contributed by atoms with van der Waals surface area (Å²) < 4.78 is 38.7. The number of aromatic nitrogens is 5. The van der Waals surface area contributed by atoms with E-state index in [9.17, 15) is 0 Å². The number of fused-ring (bicyclic) bond motifs is 22. The van der Waals surface area contributed by atoms with Crippen molar-refractivity contribution in [2.45, 2.75) is 27.7 Å². The van der Waals surface area contributed by atoms with Gasteiger partial charge in [0.1, 0.15) is 60.9 Å². The highest BCUT2D eigenvalue weighted by molar-refractivity contribution is 7.22. The lowest BCUT2D eigenvalue weighted by Crippen LogP contribution is -2.31. The van der Waals surface area contributed by atoms with Crippen molar-refractivity contribution in [2.75, 3.05) is 0 Å². The molecule has 110 heavy (non-hydrogen) atoms. The topological polar surface area (TPSA) is 73.0 Å². The van der Waals surface area contributed by atoms with Crippen LogP contribution in [-0.2, 0) is 35.2 Å². The van der Waals surface area contributed by atoms with Gasteiger partial charge in [-0.1, -0.05) is 194 Å². The van der Waals surface area contributed by atoms with Crippen molar-refractivity contribution in [1.29, 1.82) is 0 Å². The highest BCUT2D eigenvalue weighted by atomic mass is 32.1. The van der Waals surface area contributed by atoms with Gasteiger partial charge >= 0.3 is 0 Å². The Bertz CT molecular complexity index is 7640. The number of furan rings is 4. The van der Waals surface area contributed by atoms with Crippen LogP contribution in [0, 0.1) is 27.7 Å². The Morgan fingerprint density at radius 2 is 0.782 bits per heavy atom. The Hall–Kier alpha value is -13.1. The van der Waals surface area contributed by atoms with E-state index in [0.717, 1.165) is 77.6 Å². The molecular formula is C99H75N5O4S2+4. The molecule has 0 unspecified atom stereocenters. The number of pyridine rings is 4. The van der Waals surface area contributed by atoms with E-state index in [1.165, 1.54) is 150 Å². The number of para-hydroxylation sites is 1. The second kappa shape index (κ2) is 26.1. The summed E-state index contributed by atoms with van der Waals surface area (Å²) in [5.74, 6) is 0.903. The maximum Gasteiger partial charge on any atom is 0.249 e. The fourth-order valence-electron chi connectivity index (χ4n) is 17.0. The quantitative estimate of drug-likeness (QED) is 0.165. The molecule has 0 bridgehead atoms. The van der Waals surface area contributed by atoms with Gasteiger partial charge in [-0.15, -0.1) is 22.7 Å². The molecule has 0 aliphatic heterocycles. The van der Waals surface area contributed by atoms with Gasteiger partial charge in [-0.3, -0.25) is 0 Å². The van der Waals surface area contributed by atoms with Crippen LogP contribution in [-0.4, -0.2) is 4.57 Å². The van der Waals surface area contributed by atoms with Gasteiger partial charge in [-0.25, -0.2) is 0 Å². The number of nitrogens with zero attached hydrogens (tertiary/aromatic N) is 5. The van der Waals surface area contributed by atoms with Gasteiger partial charge in [0.15, 0.2) is 22.9 Å². The average Bonchev–Trinajstić information content (AvgIpc) is 1.57. The smallest absolute Gasteiger partial charge is 0.249 e. The SMILES string of the molecule is Cc1c(-c2cc3c(c[n+]2C)oc2c4ccccc4ccc32)sc2ccccc12.Cc1c(-c2cc3c(c[n+]2C)oc2cc4ccccc4cc23)oc2ccccc12.Cc1ccccc1-c1c2c(cc[n+]1C)c1ccc3ccccc3c1n2C.Cc1sc2ccccc2c1-c1cc2c(c[n+]1C)oc1c3ccccc3ccc21. The number of rotatable bonds is 4. The van der Waals surface area contributed by atoms with E-state index < -0.39 is 0 Å². The summed E-state index contributed by atoms with van der Waals surface area (Å²) in [5, 5.41) is 23.1. The van der Waals surface area contributed by atoms with E-state index in [1.807, 2.05) is 54.1 Å². The molecule has 0 aliphatic carbocycles. The van der Waals surface area contributed by atoms with E-state index in [1.54, 1.807) is 0 Å². The van der Waals surface area contributed by atoms with Gasteiger partial charge in [-0.2, -0.15) is 18.3 Å². The first kappa shape index (κ1) is 66.4. The van der Waals surface area contributed by atoms with Crippen molar-refractivity contribution in [3.05, 3.63) is 313 Å². The van der Waals surface area contributed by atoms with E-state index in [2.05, 4.69) is 346 Å². The zero-order valence-corrected chi connectivity index (χ0v) is 64.0. The Labute approximate surface area is 641 Å². The third-order valence-electron chi connectivity index (χ3n) is 22.6. The van der Waals surface area contributed by atoms with Crippen LogP contribution in [0.2, 0.25) is 0 Å². The molecule has 0 spiro atoms.